The molecule has 1 atom stereocenters. The highest BCUT2D eigenvalue weighted by atomic mass is 32.2. The first-order valence-corrected chi connectivity index (χ1v) is 13.3. The molecule has 0 bridgehead atoms. The fourth-order valence-electron chi connectivity index (χ4n) is 3.90. The summed E-state index contributed by atoms with van der Waals surface area (Å²) in [5.41, 5.74) is 0.736. The van der Waals surface area contributed by atoms with Crippen LogP contribution in [0.2, 0.25) is 0 Å². The molecular weight excluding hydrogens is 448 g/mol. The number of pyridine rings is 2. The number of rotatable bonds is 8. The number of hydrogen-bond donors (Lipinski definition) is 1. The van der Waals surface area contributed by atoms with E-state index in [1.807, 2.05) is 35.1 Å². The Hall–Kier alpha value is -2.50. The molecule has 1 saturated heterocycles. The van der Waals surface area contributed by atoms with Crippen LogP contribution >= 0.6 is 11.8 Å². The van der Waals surface area contributed by atoms with Crippen LogP contribution in [0.25, 0.3) is 5.65 Å². The van der Waals surface area contributed by atoms with Gasteiger partial charge in [0.1, 0.15) is 4.90 Å². The Morgan fingerprint density at radius 1 is 1.22 bits per heavy atom. The Bertz CT molecular complexity index is 1160. The maximum atomic E-state index is 13.1. The lowest BCUT2D eigenvalue weighted by Gasteiger charge is -2.31. The highest BCUT2D eigenvalue weighted by molar-refractivity contribution is 7.98. The van der Waals surface area contributed by atoms with Gasteiger partial charge in [-0.1, -0.05) is 6.07 Å². The van der Waals surface area contributed by atoms with Gasteiger partial charge in [0.2, 0.25) is 15.9 Å². The molecule has 9 nitrogen and oxygen atoms in total. The Labute approximate surface area is 191 Å². The van der Waals surface area contributed by atoms with Crippen molar-refractivity contribution in [3.8, 4) is 0 Å². The number of carbonyl (C=O) groups excluding carboxylic acids is 1. The topological polar surface area (TPSA) is 110 Å². The summed E-state index contributed by atoms with van der Waals surface area (Å²) in [6, 6.07) is 8.57. The van der Waals surface area contributed by atoms with Crippen molar-refractivity contribution in [3.63, 3.8) is 0 Å². The number of nitrogens with one attached hydrogen (secondary N) is 1. The van der Waals surface area contributed by atoms with Gasteiger partial charge in [-0.25, -0.2) is 8.42 Å². The Morgan fingerprint density at radius 2 is 2.03 bits per heavy atom. The van der Waals surface area contributed by atoms with Crippen molar-refractivity contribution in [1.82, 2.24) is 29.2 Å². The largest absolute Gasteiger partial charge is 0.346 e. The molecule has 3 aromatic rings. The number of amides is 1. The van der Waals surface area contributed by atoms with E-state index in [2.05, 4.69) is 20.5 Å². The zero-order valence-corrected chi connectivity index (χ0v) is 19.4. The van der Waals surface area contributed by atoms with Gasteiger partial charge in [0, 0.05) is 37.6 Å². The number of aromatic nitrogens is 4. The van der Waals surface area contributed by atoms with Crippen LogP contribution in [0.4, 0.5) is 0 Å². The zero-order valence-electron chi connectivity index (χ0n) is 17.8. The van der Waals surface area contributed by atoms with Crippen LogP contribution in [-0.2, 0) is 14.8 Å². The predicted molar refractivity (Wildman–Crippen MR) is 123 cm³/mol. The zero-order chi connectivity index (χ0) is 22.6. The van der Waals surface area contributed by atoms with E-state index in [-0.39, 0.29) is 22.8 Å². The Morgan fingerprint density at radius 3 is 2.75 bits per heavy atom. The van der Waals surface area contributed by atoms with Crippen LogP contribution in [0.5, 0.6) is 0 Å². The number of carbonyl (C=O) groups is 1. The average molecular weight is 475 g/mol. The van der Waals surface area contributed by atoms with E-state index in [4.69, 9.17) is 0 Å². The lowest BCUT2D eigenvalue weighted by atomic mass is 9.96. The molecule has 1 unspecified atom stereocenters. The molecule has 1 N–H and O–H groups in total. The molecule has 3 aromatic heterocycles. The van der Waals surface area contributed by atoms with E-state index < -0.39 is 10.0 Å². The maximum Gasteiger partial charge on any atom is 0.244 e. The number of nitrogens with zero attached hydrogens (tertiary/aromatic N) is 5. The van der Waals surface area contributed by atoms with E-state index in [1.165, 1.54) is 10.5 Å². The normalized spacial score (nSPS) is 16.8. The van der Waals surface area contributed by atoms with Crippen molar-refractivity contribution in [2.24, 2.45) is 5.92 Å². The van der Waals surface area contributed by atoms with Crippen LogP contribution in [0, 0.1) is 5.92 Å². The van der Waals surface area contributed by atoms with Crippen molar-refractivity contribution in [2.45, 2.75) is 30.2 Å². The molecule has 0 aliphatic carbocycles. The van der Waals surface area contributed by atoms with Crippen molar-refractivity contribution in [1.29, 1.82) is 0 Å². The average Bonchev–Trinajstić information content (AvgIpc) is 3.26. The second kappa shape index (κ2) is 9.97. The van der Waals surface area contributed by atoms with E-state index in [0.29, 0.717) is 31.8 Å². The molecule has 0 aromatic carbocycles. The number of hydrogen-bond acceptors (Lipinski definition) is 7. The molecular formula is C21H26N6O3S2. The van der Waals surface area contributed by atoms with Gasteiger partial charge in [0.25, 0.3) is 0 Å². The second-order valence-corrected chi connectivity index (χ2v) is 10.6. The SMILES string of the molecule is CSCCC(NC(=O)C1CCN(S(=O)(=O)c2cccnc2)CC1)c1nnc2ccccn12. The van der Waals surface area contributed by atoms with Crippen molar-refractivity contribution >= 4 is 33.3 Å². The molecule has 4 rings (SSSR count). The lowest BCUT2D eigenvalue weighted by Crippen LogP contribution is -2.44. The maximum absolute atomic E-state index is 13.1. The summed E-state index contributed by atoms with van der Waals surface area (Å²) < 4.78 is 28.9. The molecule has 32 heavy (non-hydrogen) atoms. The summed E-state index contributed by atoms with van der Waals surface area (Å²) in [4.78, 5) is 17.2. The molecule has 0 saturated carbocycles. The molecule has 1 amide bonds. The van der Waals surface area contributed by atoms with Gasteiger partial charge in [0.05, 0.1) is 6.04 Å². The van der Waals surface area contributed by atoms with Gasteiger partial charge < -0.3 is 5.32 Å². The highest BCUT2D eigenvalue weighted by Gasteiger charge is 2.33. The predicted octanol–water partition coefficient (Wildman–Crippen LogP) is 2.14. The molecule has 11 heteroatoms. The molecule has 0 spiro atoms. The minimum Gasteiger partial charge on any atom is -0.346 e. The van der Waals surface area contributed by atoms with Gasteiger partial charge in [0.15, 0.2) is 11.5 Å². The van der Waals surface area contributed by atoms with Crippen molar-refractivity contribution in [2.75, 3.05) is 25.1 Å². The summed E-state index contributed by atoms with van der Waals surface area (Å²) in [5.74, 6) is 1.27. The van der Waals surface area contributed by atoms with Gasteiger partial charge in [-0.05, 0) is 55.5 Å². The van der Waals surface area contributed by atoms with Crippen molar-refractivity contribution in [3.05, 3.63) is 54.7 Å². The fourth-order valence-corrected chi connectivity index (χ4v) is 5.80. The third-order valence-corrected chi connectivity index (χ3v) is 8.20. The molecule has 1 aliphatic heterocycles. The summed E-state index contributed by atoms with van der Waals surface area (Å²) >= 11 is 1.71. The van der Waals surface area contributed by atoms with Crippen LogP contribution < -0.4 is 5.32 Å². The first-order valence-electron chi connectivity index (χ1n) is 10.5. The van der Waals surface area contributed by atoms with Gasteiger partial charge in [-0.15, -0.1) is 10.2 Å². The molecule has 1 fully saturated rings. The van der Waals surface area contributed by atoms with Crippen LogP contribution in [0.1, 0.15) is 31.1 Å². The van der Waals surface area contributed by atoms with E-state index >= 15 is 0 Å². The first-order chi connectivity index (χ1) is 15.5. The summed E-state index contributed by atoms with van der Waals surface area (Å²) in [5, 5.41) is 11.7. The second-order valence-electron chi connectivity index (χ2n) is 7.70. The highest BCUT2D eigenvalue weighted by Crippen LogP contribution is 2.25. The van der Waals surface area contributed by atoms with Crippen LogP contribution in [0.3, 0.4) is 0 Å². The number of piperidine rings is 1. The van der Waals surface area contributed by atoms with Gasteiger partial charge >= 0.3 is 0 Å². The monoisotopic (exact) mass is 474 g/mol. The standard InChI is InChI=1S/C21H26N6O3S2/c1-31-14-9-18(20-25-24-19-6-2-3-11-27(19)20)23-21(28)16-7-12-26(13-8-16)32(29,30)17-5-4-10-22-15-17/h2-6,10-11,15-16,18H,7-9,12-14H2,1H3,(H,23,28). The molecule has 1 aliphatic rings. The third-order valence-electron chi connectivity index (χ3n) is 5.68. The summed E-state index contributed by atoms with van der Waals surface area (Å²) in [6.45, 7) is 0.608. The smallest absolute Gasteiger partial charge is 0.244 e. The number of sulfonamides is 1. The third kappa shape index (κ3) is 4.79. The quantitative estimate of drug-likeness (QED) is 0.533. The van der Waals surface area contributed by atoms with Gasteiger partial charge in [-0.2, -0.15) is 16.1 Å². The van der Waals surface area contributed by atoms with Crippen molar-refractivity contribution < 1.29 is 13.2 Å². The van der Waals surface area contributed by atoms with Crippen LogP contribution in [0.15, 0.2) is 53.8 Å². The number of thioether (sulfide) groups is 1. The number of fused-ring (bicyclic) bond motifs is 1. The summed E-state index contributed by atoms with van der Waals surface area (Å²) in [6.07, 6.45) is 8.50. The molecule has 170 valence electrons. The minimum atomic E-state index is -3.59. The van der Waals surface area contributed by atoms with E-state index in [1.54, 1.807) is 30.1 Å². The van der Waals surface area contributed by atoms with E-state index in [0.717, 1.165) is 17.8 Å². The Kier molecular flexibility index (Phi) is 7.07. The lowest BCUT2D eigenvalue weighted by molar-refractivity contribution is -0.127. The van der Waals surface area contributed by atoms with Gasteiger partial charge in [-0.3, -0.25) is 14.2 Å². The Balaban J connectivity index is 1.42. The fraction of sp³-hybridized carbons (Fsp3) is 0.429. The molecule has 4 heterocycles. The molecule has 0 radical (unpaired) electrons. The van der Waals surface area contributed by atoms with E-state index in [9.17, 15) is 13.2 Å². The first kappa shape index (κ1) is 22.7. The summed E-state index contributed by atoms with van der Waals surface area (Å²) in [7, 11) is -3.59. The minimum absolute atomic E-state index is 0.0674. The van der Waals surface area contributed by atoms with Crippen LogP contribution in [-0.4, -0.2) is 63.3 Å².